The van der Waals surface area contributed by atoms with Crippen molar-refractivity contribution in [2.24, 2.45) is 5.11 Å². The van der Waals surface area contributed by atoms with Crippen molar-refractivity contribution >= 4 is 22.2 Å². The van der Waals surface area contributed by atoms with E-state index in [2.05, 4.69) is 10.0 Å². The topological polar surface area (TPSA) is 69.1 Å². The number of Topliss-reactive ketones (excluding diaryl/α,β-unsaturated/α-hetero) is 1. The first-order valence-corrected chi connectivity index (χ1v) is 6.38. The second-order valence-corrected chi connectivity index (χ2v) is 4.84. The van der Waals surface area contributed by atoms with Crippen LogP contribution < -0.4 is 0 Å². The Hall–Kier alpha value is -2.36. The third-order valence-electron chi connectivity index (χ3n) is 3.14. The molecule has 0 amide bonds. The van der Waals surface area contributed by atoms with E-state index in [0.29, 0.717) is 24.2 Å². The molecular formula is C15H16N4O. The zero-order valence-electron chi connectivity index (χ0n) is 11.6. The SMILES string of the molecule is CN(C)CCC(=O)c1ccc(N=[N+]=[N-])c2ccccc12. The van der Waals surface area contributed by atoms with E-state index in [1.165, 1.54) is 0 Å². The van der Waals surface area contributed by atoms with Gasteiger partial charge in [0.15, 0.2) is 5.78 Å². The van der Waals surface area contributed by atoms with Crippen LogP contribution in [0.2, 0.25) is 0 Å². The molecule has 0 bridgehead atoms. The summed E-state index contributed by atoms with van der Waals surface area (Å²) in [5.74, 6) is 0.0994. The fraction of sp³-hybridized carbons (Fsp3) is 0.267. The number of nitrogens with zero attached hydrogens (tertiary/aromatic N) is 4. The van der Waals surface area contributed by atoms with E-state index >= 15 is 0 Å². The average Bonchev–Trinajstić information content (AvgIpc) is 2.45. The lowest BCUT2D eigenvalue weighted by molar-refractivity contribution is 0.0974. The highest BCUT2D eigenvalue weighted by Gasteiger charge is 2.11. The van der Waals surface area contributed by atoms with Crippen molar-refractivity contribution in [1.82, 2.24) is 4.90 Å². The van der Waals surface area contributed by atoms with Crippen LogP contribution in [0.4, 0.5) is 5.69 Å². The lowest BCUT2D eigenvalue weighted by Crippen LogP contribution is -2.16. The van der Waals surface area contributed by atoms with Gasteiger partial charge in [-0.1, -0.05) is 41.5 Å². The van der Waals surface area contributed by atoms with Gasteiger partial charge in [0.2, 0.25) is 0 Å². The standard InChI is InChI=1S/C15H16N4O/c1-19(2)10-9-15(20)13-7-8-14(17-18-16)12-6-4-3-5-11(12)13/h3-8H,9-10H2,1-2H3. The minimum absolute atomic E-state index is 0.0994. The van der Waals surface area contributed by atoms with Gasteiger partial charge in [0.1, 0.15) is 0 Å². The summed E-state index contributed by atoms with van der Waals surface area (Å²) in [6.07, 6.45) is 0.470. The number of carbonyl (C=O) groups is 1. The van der Waals surface area contributed by atoms with Crippen molar-refractivity contribution < 1.29 is 4.79 Å². The molecule has 2 rings (SSSR count). The average molecular weight is 268 g/mol. The number of azide groups is 1. The maximum Gasteiger partial charge on any atom is 0.164 e. The molecular weight excluding hydrogens is 252 g/mol. The Morgan fingerprint density at radius 3 is 2.55 bits per heavy atom. The molecule has 0 radical (unpaired) electrons. The number of hydrogen-bond acceptors (Lipinski definition) is 3. The summed E-state index contributed by atoms with van der Waals surface area (Å²) < 4.78 is 0. The van der Waals surface area contributed by atoms with Gasteiger partial charge >= 0.3 is 0 Å². The first kappa shape index (κ1) is 14.1. The van der Waals surface area contributed by atoms with Crippen LogP contribution in [0.3, 0.4) is 0 Å². The second kappa shape index (κ2) is 6.19. The van der Waals surface area contributed by atoms with E-state index in [1.807, 2.05) is 43.3 Å². The third kappa shape index (κ3) is 2.96. The van der Waals surface area contributed by atoms with Gasteiger partial charge in [-0.15, -0.1) is 0 Å². The van der Waals surface area contributed by atoms with Crippen molar-refractivity contribution in [3.05, 3.63) is 52.4 Å². The molecule has 0 spiro atoms. The summed E-state index contributed by atoms with van der Waals surface area (Å²) in [5.41, 5.74) is 9.82. The summed E-state index contributed by atoms with van der Waals surface area (Å²) in [6.45, 7) is 0.714. The lowest BCUT2D eigenvalue weighted by Gasteiger charge is -2.11. The molecule has 2 aromatic rings. The maximum absolute atomic E-state index is 12.3. The summed E-state index contributed by atoms with van der Waals surface area (Å²) >= 11 is 0. The normalized spacial score (nSPS) is 10.6. The van der Waals surface area contributed by atoms with E-state index in [0.717, 1.165) is 10.8 Å². The zero-order chi connectivity index (χ0) is 14.5. The predicted octanol–water partition coefficient (Wildman–Crippen LogP) is 3.92. The summed E-state index contributed by atoms with van der Waals surface area (Å²) in [5, 5.41) is 5.31. The van der Waals surface area contributed by atoms with Crippen molar-refractivity contribution in [2.45, 2.75) is 6.42 Å². The molecule has 0 N–H and O–H groups in total. The minimum atomic E-state index is 0.0994. The van der Waals surface area contributed by atoms with E-state index in [1.54, 1.807) is 12.1 Å². The number of rotatable bonds is 5. The molecule has 0 aliphatic carbocycles. The van der Waals surface area contributed by atoms with Crippen molar-refractivity contribution in [3.8, 4) is 0 Å². The molecule has 102 valence electrons. The zero-order valence-corrected chi connectivity index (χ0v) is 11.6. The van der Waals surface area contributed by atoms with Gasteiger partial charge in [0.25, 0.3) is 0 Å². The fourth-order valence-electron chi connectivity index (χ4n) is 2.12. The van der Waals surface area contributed by atoms with Gasteiger partial charge < -0.3 is 4.90 Å². The van der Waals surface area contributed by atoms with Crippen LogP contribution in [-0.4, -0.2) is 31.3 Å². The van der Waals surface area contributed by atoms with Gasteiger partial charge in [-0.3, -0.25) is 4.79 Å². The van der Waals surface area contributed by atoms with Crippen LogP contribution in [0.5, 0.6) is 0 Å². The molecule has 0 aliphatic rings. The van der Waals surface area contributed by atoms with Crippen LogP contribution in [0.25, 0.3) is 21.2 Å². The maximum atomic E-state index is 12.3. The lowest BCUT2D eigenvalue weighted by atomic mass is 9.98. The molecule has 0 saturated heterocycles. The molecule has 0 aromatic heterocycles. The summed E-state index contributed by atoms with van der Waals surface area (Å²) in [7, 11) is 3.88. The Bertz CT molecular complexity index is 687. The van der Waals surface area contributed by atoms with Crippen molar-refractivity contribution in [3.63, 3.8) is 0 Å². The number of benzene rings is 2. The molecule has 2 aromatic carbocycles. The fourth-order valence-corrected chi connectivity index (χ4v) is 2.12. The molecule has 5 heteroatoms. The predicted molar refractivity (Wildman–Crippen MR) is 80.3 cm³/mol. The molecule has 20 heavy (non-hydrogen) atoms. The Balaban J connectivity index is 2.47. The minimum Gasteiger partial charge on any atom is -0.309 e. The van der Waals surface area contributed by atoms with Crippen LogP contribution in [0.1, 0.15) is 16.8 Å². The molecule has 0 aliphatic heterocycles. The highest BCUT2D eigenvalue weighted by Crippen LogP contribution is 2.29. The molecule has 0 atom stereocenters. The van der Waals surface area contributed by atoms with E-state index in [9.17, 15) is 4.79 Å². The van der Waals surface area contributed by atoms with Gasteiger partial charge in [-0.25, -0.2) is 0 Å². The van der Waals surface area contributed by atoms with Crippen LogP contribution in [-0.2, 0) is 0 Å². The number of hydrogen-bond donors (Lipinski definition) is 0. The monoisotopic (exact) mass is 268 g/mol. The largest absolute Gasteiger partial charge is 0.309 e. The van der Waals surface area contributed by atoms with Gasteiger partial charge in [0.05, 0.1) is 0 Å². The van der Waals surface area contributed by atoms with Crippen LogP contribution in [0.15, 0.2) is 41.5 Å². The summed E-state index contributed by atoms with van der Waals surface area (Å²) in [4.78, 5) is 17.1. The van der Waals surface area contributed by atoms with E-state index in [4.69, 9.17) is 5.53 Å². The Morgan fingerprint density at radius 2 is 1.90 bits per heavy atom. The number of ketones is 1. The Labute approximate surface area is 117 Å². The van der Waals surface area contributed by atoms with Crippen LogP contribution in [0, 0.1) is 0 Å². The molecule has 0 unspecified atom stereocenters. The Morgan fingerprint density at radius 1 is 1.20 bits per heavy atom. The summed E-state index contributed by atoms with van der Waals surface area (Å²) in [6, 6.07) is 10.9. The Kier molecular flexibility index (Phi) is 4.35. The number of fused-ring (bicyclic) bond motifs is 1. The van der Waals surface area contributed by atoms with Gasteiger partial charge in [-0.05, 0) is 30.4 Å². The molecule has 0 fully saturated rings. The third-order valence-corrected chi connectivity index (χ3v) is 3.14. The quantitative estimate of drug-likeness (QED) is 0.357. The number of carbonyl (C=O) groups excluding carboxylic acids is 1. The smallest absolute Gasteiger partial charge is 0.164 e. The van der Waals surface area contributed by atoms with Gasteiger partial charge in [-0.2, -0.15) is 0 Å². The van der Waals surface area contributed by atoms with Gasteiger partial charge in [0, 0.05) is 29.1 Å². The second-order valence-electron chi connectivity index (χ2n) is 4.84. The van der Waals surface area contributed by atoms with Crippen molar-refractivity contribution in [1.29, 1.82) is 0 Å². The van der Waals surface area contributed by atoms with E-state index in [-0.39, 0.29) is 5.78 Å². The highest BCUT2D eigenvalue weighted by molar-refractivity contribution is 6.10. The first-order chi connectivity index (χ1) is 9.63. The van der Waals surface area contributed by atoms with Crippen LogP contribution >= 0.6 is 0 Å². The van der Waals surface area contributed by atoms with E-state index < -0.39 is 0 Å². The first-order valence-electron chi connectivity index (χ1n) is 6.38. The molecule has 0 saturated carbocycles. The molecule has 0 heterocycles. The van der Waals surface area contributed by atoms with Crippen molar-refractivity contribution in [2.75, 3.05) is 20.6 Å². The molecule has 5 nitrogen and oxygen atoms in total. The highest BCUT2D eigenvalue weighted by atomic mass is 16.1.